The second-order valence-corrected chi connectivity index (χ2v) is 7.58. The van der Waals surface area contributed by atoms with Crippen LogP contribution in [-0.2, 0) is 11.0 Å². The first-order valence-electron chi connectivity index (χ1n) is 9.52. The molecule has 0 bridgehead atoms. The number of nitrogens with one attached hydrogen (secondary N) is 1. The Kier molecular flexibility index (Phi) is 6.70. The van der Waals surface area contributed by atoms with E-state index in [0.717, 1.165) is 6.07 Å². The Morgan fingerprint density at radius 1 is 1.27 bits per heavy atom. The molecule has 1 amide bonds. The van der Waals surface area contributed by atoms with Gasteiger partial charge in [-0.3, -0.25) is 4.79 Å². The molecular formula is C20H22ClF3N4O2. The van der Waals surface area contributed by atoms with Gasteiger partial charge < -0.3 is 15.0 Å². The quantitative estimate of drug-likeness (QED) is 0.757. The minimum absolute atomic E-state index is 0.0715. The molecule has 1 atom stereocenters. The largest absolute Gasteiger partial charge is 0.481 e. The number of rotatable bonds is 5. The Bertz CT molecular complexity index is 902. The Hall–Kier alpha value is -2.55. The van der Waals surface area contributed by atoms with Crippen LogP contribution in [0.3, 0.4) is 0 Å². The van der Waals surface area contributed by atoms with Gasteiger partial charge in [0.15, 0.2) is 6.10 Å². The highest BCUT2D eigenvalue weighted by atomic mass is 35.5. The molecule has 1 aliphatic heterocycles. The average molecular weight is 443 g/mol. The Morgan fingerprint density at radius 2 is 1.97 bits per heavy atom. The lowest BCUT2D eigenvalue weighted by atomic mass is 10.0. The molecule has 1 aromatic carbocycles. The van der Waals surface area contributed by atoms with Gasteiger partial charge in [-0.25, -0.2) is 9.97 Å². The third-order valence-corrected chi connectivity index (χ3v) is 4.99. The average Bonchev–Trinajstić information content (AvgIpc) is 2.67. The van der Waals surface area contributed by atoms with Crippen LogP contribution in [0.15, 0.2) is 30.3 Å². The molecule has 6 nitrogen and oxygen atoms in total. The monoisotopic (exact) mass is 442 g/mol. The van der Waals surface area contributed by atoms with Gasteiger partial charge in [-0.2, -0.15) is 13.2 Å². The predicted molar refractivity (Wildman–Crippen MR) is 107 cm³/mol. The van der Waals surface area contributed by atoms with Crippen molar-refractivity contribution in [3.63, 3.8) is 0 Å². The Labute approximate surface area is 177 Å². The SMILES string of the molecule is Cc1nc(N2CCC(NC(=O)[C@H](C)Oc3cccc(Cl)c3)CC2)cc(C(F)(F)F)n1. The number of alkyl halides is 3. The normalized spacial score (nSPS) is 16.3. The smallest absolute Gasteiger partial charge is 0.433 e. The molecule has 1 fully saturated rings. The number of hydrogen-bond donors (Lipinski definition) is 1. The molecule has 1 N–H and O–H groups in total. The highest BCUT2D eigenvalue weighted by molar-refractivity contribution is 6.30. The molecule has 30 heavy (non-hydrogen) atoms. The number of aryl methyl sites for hydroxylation is 1. The second-order valence-electron chi connectivity index (χ2n) is 7.14. The van der Waals surface area contributed by atoms with Crippen molar-refractivity contribution in [2.45, 2.75) is 45.0 Å². The van der Waals surface area contributed by atoms with Crippen LogP contribution in [0.4, 0.5) is 19.0 Å². The van der Waals surface area contributed by atoms with E-state index in [1.165, 1.54) is 6.92 Å². The summed E-state index contributed by atoms with van der Waals surface area (Å²) in [7, 11) is 0. The molecule has 1 aliphatic rings. The summed E-state index contributed by atoms with van der Waals surface area (Å²) in [5.74, 6) is 0.560. The fourth-order valence-electron chi connectivity index (χ4n) is 3.23. The van der Waals surface area contributed by atoms with Crippen molar-refractivity contribution in [3.8, 4) is 5.75 Å². The maximum Gasteiger partial charge on any atom is 0.433 e. The van der Waals surface area contributed by atoms with Crippen molar-refractivity contribution in [3.05, 3.63) is 46.9 Å². The van der Waals surface area contributed by atoms with Crippen LogP contribution in [0.5, 0.6) is 5.75 Å². The summed E-state index contributed by atoms with van der Waals surface area (Å²) in [5, 5.41) is 3.45. The van der Waals surface area contributed by atoms with Gasteiger partial charge in [0, 0.05) is 30.2 Å². The van der Waals surface area contributed by atoms with Crippen LogP contribution in [0.2, 0.25) is 5.02 Å². The zero-order chi connectivity index (χ0) is 21.9. The van der Waals surface area contributed by atoms with E-state index in [1.54, 1.807) is 36.1 Å². The van der Waals surface area contributed by atoms with Gasteiger partial charge in [-0.1, -0.05) is 17.7 Å². The molecule has 0 radical (unpaired) electrons. The highest BCUT2D eigenvalue weighted by Gasteiger charge is 2.34. The number of carbonyl (C=O) groups is 1. The fraction of sp³-hybridized carbons (Fsp3) is 0.450. The number of hydrogen-bond acceptors (Lipinski definition) is 5. The van der Waals surface area contributed by atoms with E-state index in [2.05, 4.69) is 15.3 Å². The topological polar surface area (TPSA) is 67.4 Å². The number of halogens is 4. The molecule has 0 unspecified atom stereocenters. The Morgan fingerprint density at radius 3 is 2.60 bits per heavy atom. The molecule has 2 aromatic rings. The summed E-state index contributed by atoms with van der Waals surface area (Å²) >= 11 is 5.92. The Balaban J connectivity index is 1.54. The van der Waals surface area contributed by atoms with Crippen LogP contribution in [0.25, 0.3) is 0 Å². The van der Waals surface area contributed by atoms with Crippen molar-refractivity contribution >= 4 is 23.3 Å². The summed E-state index contributed by atoms with van der Waals surface area (Å²) in [6.45, 7) is 4.03. The lowest BCUT2D eigenvalue weighted by Gasteiger charge is -2.33. The van der Waals surface area contributed by atoms with E-state index in [9.17, 15) is 18.0 Å². The van der Waals surface area contributed by atoms with Gasteiger partial charge in [0.05, 0.1) is 0 Å². The van der Waals surface area contributed by atoms with E-state index < -0.39 is 18.0 Å². The molecule has 3 rings (SSSR count). The lowest BCUT2D eigenvalue weighted by Crippen LogP contribution is -2.48. The van der Waals surface area contributed by atoms with Crippen molar-refractivity contribution in [1.82, 2.24) is 15.3 Å². The van der Waals surface area contributed by atoms with Crippen LogP contribution < -0.4 is 15.0 Å². The minimum Gasteiger partial charge on any atom is -0.481 e. The number of benzene rings is 1. The van der Waals surface area contributed by atoms with Crippen LogP contribution >= 0.6 is 11.6 Å². The van der Waals surface area contributed by atoms with Crippen LogP contribution in [0.1, 0.15) is 31.3 Å². The first-order chi connectivity index (χ1) is 14.1. The lowest BCUT2D eigenvalue weighted by molar-refractivity contribution is -0.141. The first kappa shape index (κ1) is 22.1. The minimum atomic E-state index is -4.52. The third-order valence-electron chi connectivity index (χ3n) is 4.76. The number of nitrogens with zero attached hydrogens (tertiary/aromatic N) is 3. The number of carbonyl (C=O) groups excluding carboxylic acids is 1. The van der Waals surface area contributed by atoms with Crippen LogP contribution in [0, 0.1) is 6.92 Å². The molecule has 2 heterocycles. The zero-order valence-corrected chi connectivity index (χ0v) is 17.3. The van der Waals surface area contributed by atoms with Crippen molar-refractivity contribution in [2.75, 3.05) is 18.0 Å². The van der Waals surface area contributed by atoms with Gasteiger partial charge in [-0.05, 0) is 44.9 Å². The molecule has 0 aliphatic carbocycles. The van der Waals surface area contributed by atoms with Crippen LogP contribution in [-0.4, -0.2) is 41.1 Å². The maximum atomic E-state index is 13.0. The van der Waals surface area contributed by atoms with Gasteiger partial charge >= 0.3 is 6.18 Å². The molecule has 0 saturated carbocycles. The summed E-state index contributed by atoms with van der Waals surface area (Å²) < 4.78 is 44.6. The van der Waals surface area contributed by atoms with Crippen molar-refractivity contribution in [1.29, 1.82) is 0 Å². The van der Waals surface area contributed by atoms with Gasteiger partial charge in [-0.15, -0.1) is 0 Å². The number of aromatic nitrogens is 2. The van der Waals surface area contributed by atoms with Gasteiger partial charge in [0.2, 0.25) is 0 Å². The molecule has 0 spiro atoms. The summed E-state index contributed by atoms with van der Waals surface area (Å²) in [5.41, 5.74) is -0.951. The number of ether oxygens (including phenoxy) is 1. The summed E-state index contributed by atoms with van der Waals surface area (Å²) in [4.78, 5) is 21.8. The standard InChI is InChI=1S/C20H22ClF3N4O2/c1-12(30-16-5-3-4-14(21)10-16)19(29)27-15-6-8-28(9-7-15)18-11-17(20(22,23)24)25-13(2)26-18/h3-5,10-12,15H,6-9H2,1-2H3,(H,27,29)/t12-/m0/s1. The van der Waals surface area contributed by atoms with Crippen molar-refractivity contribution < 1.29 is 22.7 Å². The molecule has 162 valence electrons. The highest BCUT2D eigenvalue weighted by Crippen LogP contribution is 2.30. The van der Waals surface area contributed by atoms with E-state index in [4.69, 9.17) is 16.3 Å². The molecular weight excluding hydrogens is 421 g/mol. The van der Waals surface area contributed by atoms with Gasteiger partial charge in [0.1, 0.15) is 23.1 Å². The van der Waals surface area contributed by atoms with E-state index in [0.29, 0.717) is 36.7 Å². The second kappa shape index (κ2) is 9.07. The maximum absolute atomic E-state index is 13.0. The number of anilines is 1. The number of piperidine rings is 1. The zero-order valence-electron chi connectivity index (χ0n) is 16.5. The first-order valence-corrected chi connectivity index (χ1v) is 9.90. The predicted octanol–water partition coefficient (Wildman–Crippen LogP) is 4.01. The molecule has 1 saturated heterocycles. The van der Waals surface area contributed by atoms with E-state index in [-0.39, 0.29) is 23.6 Å². The van der Waals surface area contributed by atoms with E-state index >= 15 is 0 Å². The summed E-state index contributed by atoms with van der Waals surface area (Å²) in [6.07, 6.45) is -4.06. The van der Waals surface area contributed by atoms with Gasteiger partial charge in [0.25, 0.3) is 5.91 Å². The fourth-order valence-corrected chi connectivity index (χ4v) is 3.41. The molecule has 10 heteroatoms. The van der Waals surface area contributed by atoms with Crippen molar-refractivity contribution in [2.24, 2.45) is 0 Å². The number of amides is 1. The third kappa shape index (κ3) is 5.75. The molecule has 1 aromatic heterocycles. The van der Waals surface area contributed by atoms with E-state index in [1.807, 2.05) is 0 Å². The summed E-state index contributed by atoms with van der Waals surface area (Å²) in [6, 6.07) is 7.66.